The maximum Gasteiger partial charge on any atom is 0.143 e. The number of hydrogen-bond donors (Lipinski definition) is 1. The van der Waals surface area contributed by atoms with Gasteiger partial charge in [0.1, 0.15) is 11.6 Å². The molecule has 0 aromatic carbocycles. The van der Waals surface area contributed by atoms with Crippen LogP contribution in [0, 0.1) is 10.5 Å². The Morgan fingerprint density at radius 2 is 1.94 bits per heavy atom. The molecule has 0 atom stereocenters. The topological polar surface area (TPSA) is 37.8 Å². The zero-order valence-electron chi connectivity index (χ0n) is 10.6. The van der Waals surface area contributed by atoms with E-state index in [0.29, 0.717) is 5.92 Å². The summed E-state index contributed by atoms with van der Waals surface area (Å²) in [6, 6.07) is 0. The summed E-state index contributed by atoms with van der Waals surface area (Å²) in [4.78, 5) is 9.40. The summed E-state index contributed by atoms with van der Waals surface area (Å²) in [6.45, 7) is 5.10. The Hall–Kier alpha value is -0.390. The summed E-state index contributed by atoms with van der Waals surface area (Å²) in [7, 11) is 0. The molecule has 1 fully saturated rings. The van der Waals surface area contributed by atoms with Crippen LogP contribution in [-0.2, 0) is 0 Å². The highest BCUT2D eigenvalue weighted by molar-refractivity contribution is 14.1. The molecular weight excluding hydrogens is 325 g/mol. The fourth-order valence-corrected chi connectivity index (χ4v) is 2.84. The first-order valence-corrected chi connectivity index (χ1v) is 7.58. The minimum atomic E-state index is 0.580. The van der Waals surface area contributed by atoms with Crippen molar-refractivity contribution in [1.82, 2.24) is 9.97 Å². The number of hydrogen-bond acceptors (Lipinski definition) is 3. The van der Waals surface area contributed by atoms with Crippen molar-refractivity contribution in [3.8, 4) is 0 Å². The SMILES string of the molecule is CCNc1nc(C2CCCCC2)nc(C)c1I. The van der Waals surface area contributed by atoms with Crippen molar-refractivity contribution in [3.63, 3.8) is 0 Å². The van der Waals surface area contributed by atoms with Gasteiger partial charge in [-0.1, -0.05) is 19.3 Å². The highest BCUT2D eigenvalue weighted by Crippen LogP contribution is 2.32. The van der Waals surface area contributed by atoms with E-state index in [9.17, 15) is 0 Å². The van der Waals surface area contributed by atoms with E-state index in [1.54, 1.807) is 0 Å². The van der Waals surface area contributed by atoms with Crippen LogP contribution in [0.1, 0.15) is 56.5 Å². The zero-order valence-corrected chi connectivity index (χ0v) is 12.7. The summed E-state index contributed by atoms with van der Waals surface area (Å²) in [5, 5.41) is 3.34. The summed E-state index contributed by atoms with van der Waals surface area (Å²) in [5.74, 6) is 2.65. The lowest BCUT2D eigenvalue weighted by molar-refractivity contribution is 0.428. The second-order valence-corrected chi connectivity index (χ2v) is 5.77. The van der Waals surface area contributed by atoms with Crippen LogP contribution in [0.15, 0.2) is 0 Å². The monoisotopic (exact) mass is 345 g/mol. The Kier molecular flexibility index (Phi) is 4.59. The van der Waals surface area contributed by atoms with Gasteiger partial charge in [-0.25, -0.2) is 9.97 Å². The smallest absolute Gasteiger partial charge is 0.143 e. The quantitative estimate of drug-likeness (QED) is 0.845. The maximum atomic E-state index is 4.72. The molecule has 0 spiro atoms. The van der Waals surface area contributed by atoms with Crippen molar-refractivity contribution >= 4 is 28.4 Å². The van der Waals surface area contributed by atoms with Crippen LogP contribution in [0.3, 0.4) is 0 Å². The zero-order chi connectivity index (χ0) is 12.3. The summed E-state index contributed by atoms with van der Waals surface area (Å²) in [6.07, 6.45) is 6.54. The lowest BCUT2D eigenvalue weighted by atomic mass is 9.88. The van der Waals surface area contributed by atoms with Crippen LogP contribution in [0.5, 0.6) is 0 Å². The molecule has 1 aromatic rings. The highest BCUT2D eigenvalue weighted by atomic mass is 127. The van der Waals surface area contributed by atoms with Gasteiger partial charge in [0, 0.05) is 12.5 Å². The fraction of sp³-hybridized carbons (Fsp3) is 0.692. The summed E-state index contributed by atoms with van der Waals surface area (Å²) >= 11 is 2.33. The Morgan fingerprint density at radius 3 is 2.59 bits per heavy atom. The molecule has 1 heterocycles. The minimum absolute atomic E-state index is 0.580. The van der Waals surface area contributed by atoms with Gasteiger partial charge < -0.3 is 5.32 Å². The summed E-state index contributed by atoms with van der Waals surface area (Å²) < 4.78 is 1.16. The fourth-order valence-electron chi connectivity index (χ4n) is 2.41. The normalized spacial score (nSPS) is 17.1. The standard InChI is InChI=1S/C13H20IN3/c1-3-15-13-11(14)9(2)16-12(17-13)10-7-5-4-6-8-10/h10H,3-8H2,1-2H3,(H,15,16,17). The molecule has 17 heavy (non-hydrogen) atoms. The third-order valence-corrected chi connectivity index (χ3v) is 4.64. The first kappa shape index (κ1) is 13.1. The molecule has 1 aliphatic rings. The van der Waals surface area contributed by atoms with E-state index in [-0.39, 0.29) is 0 Å². The van der Waals surface area contributed by atoms with E-state index < -0.39 is 0 Å². The van der Waals surface area contributed by atoms with Crippen molar-refractivity contribution in [1.29, 1.82) is 0 Å². The molecule has 1 aliphatic carbocycles. The molecule has 1 aromatic heterocycles. The largest absolute Gasteiger partial charge is 0.369 e. The molecule has 94 valence electrons. The van der Waals surface area contributed by atoms with Gasteiger partial charge in [0.2, 0.25) is 0 Å². The number of anilines is 1. The molecule has 2 rings (SSSR count). The molecule has 3 nitrogen and oxygen atoms in total. The first-order valence-electron chi connectivity index (χ1n) is 6.50. The number of nitrogens with zero attached hydrogens (tertiary/aromatic N) is 2. The molecule has 0 unspecified atom stereocenters. The lowest BCUT2D eigenvalue weighted by Gasteiger charge is -2.21. The van der Waals surface area contributed by atoms with E-state index in [1.165, 1.54) is 32.1 Å². The molecule has 0 aliphatic heterocycles. The van der Waals surface area contributed by atoms with Crippen LogP contribution in [-0.4, -0.2) is 16.5 Å². The Balaban J connectivity index is 2.27. The van der Waals surface area contributed by atoms with E-state index in [0.717, 1.165) is 27.5 Å². The van der Waals surface area contributed by atoms with Gasteiger partial charge in [-0.05, 0) is 49.3 Å². The molecule has 0 saturated heterocycles. The third kappa shape index (κ3) is 3.09. The number of halogens is 1. The van der Waals surface area contributed by atoms with E-state index >= 15 is 0 Å². The van der Waals surface area contributed by atoms with Crippen molar-refractivity contribution in [2.45, 2.75) is 51.9 Å². The van der Waals surface area contributed by atoms with Gasteiger partial charge in [0.05, 0.1) is 9.26 Å². The Labute approximate surface area is 117 Å². The van der Waals surface area contributed by atoms with Crippen LogP contribution in [0.4, 0.5) is 5.82 Å². The molecular formula is C13H20IN3. The van der Waals surface area contributed by atoms with Crippen molar-refractivity contribution in [2.24, 2.45) is 0 Å². The van der Waals surface area contributed by atoms with Crippen molar-refractivity contribution in [3.05, 3.63) is 15.1 Å². The van der Waals surface area contributed by atoms with Crippen molar-refractivity contribution in [2.75, 3.05) is 11.9 Å². The first-order chi connectivity index (χ1) is 8.22. The van der Waals surface area contributed by atoms with Gasteiger partial charge in [-0.15, -0.1) is 0 Å². The van der Waals surface area contributed by atoms with E-state index in [4.69, 9.17) is 4.98 Å². The number of aromatic nitrogens is 2. The van der Waals surface area contributed by atoms with Crippen molar-refractivity contribution < 1.29 is 0 Å². The second-order valence-electron chi connectivity index (χ2n) is 4.70. The Bertz CT molecular complexity index is 386. The number of nitrogens with one attached hydrogen (secondary N) is 1. The van der Waals surface area contributed by atoms with Gasteiger partial charge in [0.25, 0.3) is 0 Å². The molecule has 0 amide bonds. The molecule has 0 radical (unpaired) electrons. The number of rotatable bonds is 3. The van der Waals surface area contributed by atoms with Crippen LogP contribution in [0.25, 0.3) is 0 Å². The van der Waals surface area contributed by atoms with Gasteiger partial charge in [-0.2, -0.15) is 0 Å². The molecule has 1 N–H and O–H groups in total. The summed E-state index contributed by atoms with van der Waals surface area (Å²) in [5.41, 5.74) is 1.11. The van der Waals surface area contributed by atoms with Gasteiger partial charge >= 0.3 is 0 Å². The Morgan fingerprint density at radius 1 is 1.24 bits per heavy atom. The van der Waals surface area contributed by atoms with E-state index in [1.807, 2.05) is 0 Å². The maximum absolute atomic E-state index is 4.72. The third-order valence-electron chi connectivity index (χ3n) is 3.35. The molecule has 0 bridgehead atoms. The molecule has 1 saturated carbocycles. The highest BCUT2D eigenvalue weighted by Gasteiger charge is 2.20. The van der Waals surface area contributed by atoms with Crippen LogP contribution < -0.4 is 5.32 Å². The minimum Gasteiger partial charge on any atom is -0.369 e. The van der Waals surface area contributed by atoms with Crippen LogP contribution >= 0.6 is 22.6 Å². The predicted molar refractivity (Wildman–Crippen MR) is 79.5 cm³/mol. The average Bonchev–Trinajstić information content (AvgIpc) is 2.36. The average molecular weight is 345 g/mol. The predicted octanol–water partition coefficient (Wildman–Crippen LogP) is 3.87. The van der Waals surface area contributed by atoms with Crippen LogP contribution in [0.2, 0.25) is 0 Å². The van der Waals surface area contributed by atoms with Gasteiger partial charge in [0.15, 0.2) is 0 Å². The second kappa shape index (κ2) is 5.98. The molecule has 4 heteroatoms. The van der Waals surface area contributed by atoms with Gasteiger partial charge in [-0.3, -0.25) is 0 Å². The van der Waals surface area contributed by atoms with E-state index in [2.05, 4.69) is 46.7 Å². The lowest BCUT2D eigenvalue weighted by Crippen LogP contribution is -2.13. The number of aryl methyl sites for hydroxylation is 1.